The molecular formula is C13H21NO4. The number of rotatable bonds is 2. The number of carbonyl (C=O) groups is 2. The quantitative estimate of drug-likeness (QED) is 0.762. The first-order chi connectivity index (χ1) is 8.10. The van der Waals surface area contributed by atoms with E-state index in [4.69, 9.17) is 5.11 Å². The average Bonchev–Trinajstić information content (AvgIpc) is 2.57. The Morgan fingerprint density at radius 3 is 2.06 bits per heavy atom. The van der Waals surface area contributed by atoms with Crippen LogP contribution < -0.4 is 0 Å². The molecule has 1 saturated heterocycles. The van der Waals surface area contributed by atoms with Crippen molar-refractivity contribution in [2.24, 2.45) is 16.7 Å². The lowest BCUT2D eigenvalue weighted by atomic mass is 10.0. The number of hydrogen-bond donors (Lipinski definition) is 2. The van der Waals surface area contributed by atoms with Crippen LogP contribution in [0.15, 0.2) is 0 Å². The molecule has 0 spiro atoms. The molecule has 0 aromatic heterocycles. The Bertz CT molecular complexity index is 388. The number of carboxylic acid groups (broad SMARTS) is 1. The molecule has 0 radical (unpaired) electrons. The molecule has 0 aromatic rings. The van der Waals surface area contributed by atoms with Crippen LogP contribution in [0.1, 0.15) is 34.1 Å². The van der Waals surface area contributed by atoms with Gasteiger partial charge in [0.25, 0.3) is 0 Å². The van der Waals surface area contributed by atoms with Gasteiger partial charge in [-0.2, -0.15) is 0 Å². The summed E-state index contributed by atoms with van der Waals surface area (Å²) in [7, 11) is 0. The van der Waals surface area contributed by atoms with Gasteiger partial charge in [0, 0.05) is 18.9 Å². The number of carboxylic acids is 1. The second kappa shape index (κ2) is 3.70. The Labute approximate surface area is 107 Å². The minimum atomic E-state index is -1.03. The van der Waals surface area contributed by atoms with Crippen molar-refractivity contribution in [3.63, 3.8) is 0 Å². The molecule has 5 nitrogen and oxygen atoms in total. The number of aliphatic carboxylic acids is 1. The van der Waals surface area contributed by atoms with Crippen LogP contribution in [0, 0.1) is 16.7 Å². The molecule has 18 heavy (non-hydrogen) atoms. The summed E-state index contributed by atoms with van der Waals surface area (Å²) >= 11 is 0. The Hall–Kier alpha value is -1.10. The molecule has 5 heteroatoms. The molecule has 0 unspecified atom stereocenters. The van der Waals surface area contributed by atoms with Gasteiger partial charge >= 0.3 is 5.97 Å². The molecule has 2 rings (SSSR count). The topological polar surface area (TPSA) is 77.8 Å². The van der Waals surface area contributed by atoms with Crippen molar-refractivity contribution >= 4 is 11.9 Å². The van der Waals surface area contributed by atoms with Gasteiger partial charge in [0.2, 0.25) is 5.91 Å². The van der Waals surface area contributed by atoms with Crippen LogP contribution in [0.25, 0.3) is 0 Å². The van der Waals surface area contributed by atoms with Crippen LogP contribution in [0.3, 0.4) is 0 Å². The number of hydrogen-bond acceptors (Lipinski definition) is 3. The summed E-state index contributed by atoms with van der Waals surface area (Å²) in [5.74, 6) is -1.32. The average molecular weight is 255 g/mol. The molecule has 1 aliphatic carbocycles. The van der Waals surface area contributed by atoms with Crippen LogP contribution in [-0.2, 0) is 9.59 Å². The van der Waals surface area contributed by atoms with E-state index in [0.717, 1.165) is 0 Å². The highest BCUT2D eigenvalue weighted by Gasteiger charge is 2.69. The lowest BCUT2D eigenvalue weighted by molar-refractivity contribution is -0.149. The maximum Gasteiger partial charge on any atom is 0.326 e. The van der Waals surface area contributed by atoms with Crippen LogP contribution >= 0.6 is 0 Å². The van der Waals surface area contributed by atoms with Crippen molar-refractivity contribution in [1.29, 1.82) is 0 Å². The highest BCUT2D eigenvalue weighted by molar-refractivity contribution is 5.89. The second-order valence-electron chi connectivity index (χ2n) is 6.61. The Kier molecular flexibility index (Phi) is 2.74. The molecule has 0 bridgehead atoms. The smallest absolute Gasteiger partial charge is 0.326 e. The lowest BCUT2D eigenvalue weighted by Gasteiger charge is -2.22. The van der Waals surface area contributed by atoms with Crippen molar-refractivity contribution in [2.75, 3.05) is 6.54 Å². The van der Waals surface area contributed by atoms with E-state index < -0.39 is 18.1 Å². The molecule has 2 N–H and O–H groups in total. The Balaban J connectivity index is 2.18. The van der Waals surface area contributed by atoms with Gasteiger partial charge in [-0.25, -0.2) is 4.79 Å². The van der Waals surface area contributed by atoms with Crippen LogP contribution in [0.5, 0.6) is 0 Å². The van der Waals surface area contributed by atoms with Gasteiger partial charge in [0.15, 0.2) is 0 Å². The summed E-state index contributed by atoms with van der Waals surface area (Å²) in [6, 6.07) is -0.875. The van der Waals surface area contributed by atoms with Gasteiger partial charge in [0.05, 0.1) is 6.10 Å². The highest BCUT2D eigenvalue weighted by Crippen LogP contribution is 2.69. The summed E-state index contributed by atoms with van der Waals surface area (Å²) in [4.78, 5) is 24.9. The fourth-order valence-corrected chi connectivity index (χ4v) is 3.27. The zero-order chi connectivity index (χ0) is 13.9. The summed E-state index contributed by atoms with van der Waals surface area (Å²) in [5, 5.41) is 18.7. The fraction of sp³-hybridized carbons (Fsp3) is 0.846. The fourth-order valence-electron chi connectivity index (χ4n) is 3.27. The SMILES string of the molecule is CC1(C)C(C(=O)N2C[C@@H](O)C[C@H]2C(=O)O)C1(C)C. The molecule has 1 saturated carbocycles. The van der Waals surface area contributed by atoms with Crippen molar-refractivity contribution in [3.8, 4) is 0 Å². The molecule has 0 aromatic carbocycles. The van der Waals surface area contributed by atoms with E-state index in [0.29, 0.717) is 0 Å². The summed E-state index contributed by atoms with van der Waals surface area (Å²) in [6.07, 6.45) is -0.589. The van der Waals surface area contributed by atoms with Gasteiger partial charge in [-0.1, -0.05) is 27.7 Å². The highest BCUT2D eigenvalue weighted by atomic mass is 16.4. The maximum absolute atomic E-state index is 12.5. The number of carbonyl (C=O) groups excluding carboxylic acids is 1. The molecule has 1 amide bonds. The number of aliphatic hydroxyl groups is 1. The van der Waals surface area contributed by atoms with E-state index in [1.54, 1.807) is 0 Å². The predicted molar refractivity (Wildman–Crippen MR) is 64.8 cm³/mol. The standard InChI is InChI=1S/C13H21NO4/c1-12(2)9(13(12,3)4)10(16)14-6-7(15)5-8(14)11(17)18/h7-9,15H,5-6H2,1-4H3,(H,17,18)/t7-,8-/m0/s1. The summed E-state index contributed by atoms with van der Waals surface area (Å²) < 4.78 is 0. The first-order valence-corrected chi connectivity index (χ1v) is 6.32. The second-order valence-corrected chi connectivity index (χ2v) is 6.61. The molecule has 2 atom stereocenters. The molecular weight excluding hydrogens is 234 g/mol. The minimum Gasteiger partial charge on any atom is -0.480 e. The van der Waals surface area contributed by atoms with Crippen LogP contribution in [0.2, 0.25) is 0 Å². The van der Waals surface area contributed by atoms with Crippen molar-refractivity contribution < 1.29 is 19.8 Å². The largest absolute Gasteiger partial charge is 0.480 e. The van der Waals surface area contributed by atoms with Crippen molar-refractivity contribution in [3.05, 3.63) is 0 Å². The zero-order valence-electron chi connectivity index (χ0n) is 11.3. The first kappa shape index (κ1) is 13.3. The molecule has 2 aliphatic rings. The third-order valence-corrected chi connectivity index (χ3v) is 5.11. The number of amides is 1. The Morgan fingerprint density at radius 2 is 1.67 bits per heavy atom. The third kappa shape index (κ3) is 1.64. The molecule has 102 valence electrons. The lowest BCUT2D eigenvalue weighted by Crippen LogP contribution is -2.42. The van der Waals surface area contributed by atoms with E-state index >= 15 is 0 Å². The number of β-amino-alcohol motifs (C(OH)–C–C–N with tert-alkyl or cyclic N) is 1. The van der Waals surface area contributed by atoms with Gasteiger partial charge < -0.3 is 15.1 Å². The maximum atomic E-state index is 12.5. The predicted octanol–water partition coefficient (Wildman–Crippen LogP) is 0.715. The number of aliphatic hydroxyl groups excluding tert-OH is 1. The monoisotopic (exact) mass is 255 g/mol. The van der Waals surface area contributed by atoms with E-state index in [-0.39, 0.29) is 35.6 Å². The first-order valence-electron chi connectivity index (χ1n) is 6.32. The molecule has 1 heterocycles. The third-order valence-electron chi connectivity index (χ3n) is 5.11. The van der Waals surface area contributed by atoms with E-state index in [1.807, 2.05) is 27.7 Å². The minimum absolute atomic E-state index is 0.110. The number of likely N-dealkylation sites (tertiary alicyclic amines) is 1. The summed E-state index contributed by atoms with van der Waals surface area (Å²) in [6.45, 7) is 8.24. The molecule has 1 aliphatic heterocycles. The Morgan fingerprint density at radius 1 is 1.17 bits per heavy atom. The summed E-state index contributed by atoms with van der Waals surface area (Å²) in [5.41, 5.74) is -0.221. The van der Waals surface area contributed by atoms with Gasteiger partial charge in [-0.05, 0) is 10.8 Å². The van der Waals surface area contributed by atoms with Gasteiger partial charge in [-0.3, -0.25) is 4.79 Å². The van der Waals surface area contributed by atoms with Crippen LogP contribution in [-0.4, -0.2) is 45.7 Å². The van der Waals surface area contributed by atoms with Crippen molar-refractivity contribution in [2.45, 2.75) is 46.3 Å². The van der Waals surface area contributed by atoms with Crippen molar-refractivity contribution in [1.82, 2.24) is 4.90 Å². The molecule has 2 fully saturated rings. The van der Waals surface area contributed by atoms with E-state index in [1.165, 1.54) is 4.90 Å². The normalized spacial score (nSPS) is 33.5. The van der Waals surface area contributed by atoms with Crippen LogP contribution in [0.4, 0.5) is 0 Å². The zero-order valence-corrected chi connectivity index (χ0v) is 11.3. The van der Waals surface area contributed by atoms with Gasteiger partial charge in [0.1, 0.15) is 6.04 Å². The number of nitrogens with zero attached hydrogens (tertiary/aromatic N) is 1. The van der Waals surface area contributed by atoms with E-state index in [2.05, 4.69) is 0 Å². The van der Waals surface area contributed by atoms with Gasteiger partial charge in [-0.15, -0.1) is 0 Å². The van der Waals surface area contributed by atoms with E-state index in [9.17, 15) is 14.7 Å².